The second-order valence-electron chi connectivity index (χ2n) is 8.13. The lowest BCUT2D eigenvalue weighted by Gasteiger charge is -2.09. The van der Waals surface area contributed by atoms with Crippen LogP contribution in [-0.2, 0) is 23.1 Å². The Hall–Kier alpha value is -3.08. The van der Waals surface area contributed by atoms with E-state index < -0.39 is 21.6 Å². The summed E-state index contributed by atoms with van der Waals surface area (Å²) in [5.41, 5.74) is 0.798. The minimum atomic E-state index is -4.60. The van der Waals surface area contributed by atoms with Crippen molar-refractivity contribution >= 4 is 49.7 Å². The zero-order chi connectivity index (χ0) is 26.0. The SMILES string of the molecule is CCS(=O)(=O)c1c(-c2cc(Cl)cc(Cl)c2)c2ccccn2c1-c1nc2cc(C(F)(F)F)cnc2n1C. The Balaban J connectivity index is 1.94. The number of imidazole rings is 1. The lowest BCUT2D eigenvalue weighted by molar-refractivity contribution is -0.137. The van der Waals surface area contributed by atoms with Gasteiger partial charge in [-0.2, -0.15) is 13.2 Å². The van der Waals surface area contributed by atoms with Gasteiger partial charge in [-0.15, -0.1) is 0 Å². The molecule has 0 fully saturated rings. The molecule has 0 saturated heterocycles. The summed E-state index contributed by atoms with van der Waals surface area (Å²) in [4.78, 5) is 8.36. The van der Waals surface area contributed by atoms with Crippen LogP contribution in [0.25, 0.3) is 39.3 Å². The zero-order valence-electron chi connectivity index (χ0n) is 18.8. The van der Waals surface area contributed by atoms with Crippen LogP contribution in [0.5, 0.6) is 0 Å². The van der Waals surface area contributed by atoms with Crippen molar-refractivity contribution < 1.29 is 21.6 Å². The molecule has 12 heteroatoms. The average Bonchev–Trinajstić information content (AvgIpc) is 3.33. The molecule has 4 aromatic heterocycles. The molecular formula is C24H17Cl2F3N4O2S. The Morgan fingerprint density at radius 3 is 2.39 bits per heavy atom. The maximum atomic E-state index is 13.6. The van der Waals surface area contributed by atoms with E-state index in [-0.39, 0.29) is 33.3 Å². The molecular weight excluding hydrogens is 536 g/mol. The number of sulfone groups is 1. The van der Waals surface area contributed by atoms with Gasteiger partial charge in [-0.05, 0) is 42.0 Å². The third-order valence-electron chi connectivity index (χ3n) is 5.89. The number of aromatic nitrogens is 4. The third-order valence-corrected chi connectivity index (χ3v) is 8.11. The Morgan fingerprint density at radius 1 is 1.06 bits per heavy atom. The summed E-state index contributed by atoms with van der Waals surface area (Å²) >= 11 is 12.5. The molecule has 0 unspecified atom stereocenters. The molecule has 36 heavy (non-hydrogen) atoms. The van der Waals surface area contributed by atoms with E-state index in [0.29, 0.717) is 26.7 Å². The molecule has 0 aliphatic heterocycles. The van der Waals surface area contributed by atoms with Gasteiger partial charge in [-0.1, -0.05) is 36.2 Å². The number of fused-ring (bicyclic) bond motifs is 2. The van der Waals surface area contributed by atoms with Crippen molar-refractivity contribution in [1.29, 1.82) is 0 Å². The molecule has 0 spiro atoms. The van der Waals surface area contributed by atoms with E-state index in [1.807, 2.05) is 0 Å². The summed E-state index contributed by atoms with van der Waals surface area (Å²) in [6, 6.07) is 10.9. The van der Waals surface area contributed by atoms with Gasteiger partial charge in [0, 0.05) is 35.1 Å². The van der Waals surface area contributed by atoms with Crippen LogP contribution in [0.3, 0.4) is 0 Å². The molecule has 0 bridgehead atoms. The molecule has 0 aliphatic carbocycles. The summed E-state index contributed by atoms with van der Waals surface area (Å²) in [5, 5.41) is 0.640. The van der Waals surface area contributed by atoms with Crippen LogP contribution >= 0.6 is 23.2 Å². The minimum Gasteiger partial charge on any atom is -0.312 e. The van der Waals surface area contributed by atoms with Crippen molar-refractivity contribution in [3.63, 3.8) is 0 Å². The number of hydrogen-bond donors (Lipinski definition) is 0. The van der Waals surface area contributed by atoms with Gasteiger partial charge in [0.05, 0.1) is 16.8 Å². The van der Waals surface area contributed by atoms with E-state index in [4.69, 9.17) is 23.2 Å². The first-order valence-electron chi connectivity index (χ1n) is 10.6. The number of benzene rings is 1. The summed E-state index contributed by atoms with van der Waals surface area (Å²) < 4.78 is 70.1. The second-order valence-corrected chi connectivity index (χ2v) is 11.2. The van der Waals surface area contributed by atoms with Gasteiger partial charge in [0.15, 0.2) is 21.3 Å². The number of pyridine rings is 2. The van der Waals surface area contributed by atoms with Crippen LogP contribution in [-0.4, -0.2) is 33.1 Å². The lowest BCUT2D eigenvalue weighted by Crippen LogP contribution is -2.08. The first kappa shape index (κ1) is 24.6. The highest BCUT2D eigenvalue weighted by molar-refractivity contribution is 7.91. The zero-order valence-corrected chi connectivity index (χ0v) is 21.1. The standard InChI is InChI=1S/C24H17Cl2F3N4O2S/c1-3-36(34,35)21-19(13-8-15(25)11-16(26)9-13)18-6-4-5-7-33(18)20(21)23-31-17-10-14(24(27,28)29)12-30-22(17)32(23)2/h4-12H,3H2,1-2H3. The topological polar surface area (TPSA) is 69.3 Å². The molecule has 0 N–H and O–H groups in total. The molecule has 4 heterocycles. The Morgan fingerprint density at radius 2 is 1.75 bits per heavy atom. The molecule has 0 radical (unpaired) electrons. The maximum Gasteiger partial charge on any atom is 0.417 e. The second kappa shape index (κ2) is 8.50. The first-order chi connectivity index (χ1) is 16.9. The highest BCUT2D eigenvalue weighted by atomic mass is 35.5. The van der Waals surface area contributed by atoms with Crippen molar-refractivity contribution in [2.45, 2.75) is 18.0 Å². The minimum absolute atomic E-state index is 0.0135. The molecule has 5 aromatic rings. The fourth-order valence-electron chi connectivity index (χ4n) is 4.26. The van der Waals surface area contributed by atoms with E-state index in [1.54, 1.807) is 48.0 Å². The number of rotatable bonds is 4. The largest absolute Gasteiger partial charge is 0.417 e. The van der Waals surface area contributed by atoms with Crippen molar-refractivity contribution in [3.8, 4) is 22.6 Å². The molecule has 1 aromatic carbocycles. The molecule has 0 atom stereocenters. The highest BCUT2D eigenvalue weighted by Crippen LogP contribution is 2.43. The summed E-state index contributed by atoms with van der Waals surface area (Å²) in [7, 11) is -2.31. The number of halogens is 5. The maximum absolute atomic E-state index is 13.6. The smallest absolute Gasteiger partial charge is 0.312 e. The van der Waals surface area contributed by atoms with E-state index in [1.165, 1.54) is 17.6 Å². The molecule has 6 nitrogen and oxygen atoms in total. The van der Waals surface area contributed by atoms with Crippen LogP contribution in [0.15, 0.2) is 59.8 Å². The van der Waals surface area contributed by atoms with Crippen LogP contribution in [0.4, 0.5) is 13.2 Å². The van der Waals surface area contributed by atoms with Gasteiger partial charge in [0.25, 0.3) is 0 Å². The summed E-state index contributed by atoms with van der Waals surface area (Å²) in [6.45, 7) is 1.52. The van der Waals surface area contributed by atoms with Crippen LogP contribution in [0.2, 0.25) is 10.0 Å². The normalized spacial score (nSPS) is 12.6. The van der Waals surface area contributed by atoms with Gasteiger partial charge < -0.3 is 8.97 Å². The Labute approximate surface area is 213 Å². The Kier molecular flexibility index (Phi) is 5.81. The Bertz CT molecular complexity index is 1760. The monoisotopic (exact) mass is 552 g/mol. The van der Waals surface area contributed by atoms with E-state index in [0.717, 1.165) is 12.3 Å². The highest BCUT2D eigenvalue weighted by Gasteiger charge is 2.34. The number of alkyl halides is 3. The molecule has 5 rings (SSSR count). The number of aryl methyl sites for hydroxylation is 1. The number of hydrogen-bond acceptors (Lipinski definition) is 4. The summed E-state index contributed by atoms with van der Waals surface area (Å²) in [5.74, 6) is -0.0806. The van der Waals surface area contributed by atoms with Gasteiger partial charge in [0.2, 0.25) is 0 Å². The average molecular weight is 553 g/mol. The third kappa shape index (κ3) is 3.93. The first-order valence-corrected chi connectivity index (χ1v) is 13.1. The van der Waals surface area contributed by atoms with Crippen molar-refractivity contribution in [1.82, 2.24) is 18.9 Å². The van der Waals surface area contributed by atoms with E-state index in [9.17, 15) is 21.6 Å². The fourth-order valence-corrected chi connectivity index (χ4v) is 6.09. The van der Waals surface area contributed by atoms with Gasteiger partial charge in [-0.3, -0.25) is 0 Å². The van der Waals surface area contributed by atoms with Crippen molar-refractivity contribution in [3.05, 3.63) is 70.5 Å². The van der Waals surface area contributed by atoms with Gasteiger partial charge >= 0.3 is 6.18 Å². The van der Waals surface area contributed by atoms with Gasteiger partial charge in [-0.25, -0.2) is 18.4 Å². The van der Waals surface area contributed by atoms with Crippen molar-refractivity contribution in [2.75, 3.05) is 5.75 Å². The molecule has 0 saturated carbocycles. The fraction of sp³-hybridized carbons (Fsp3) is 0.167. The van der Waals surface area contributed by atoms with Crippen LogP contribution in [0.1, 0.15) is 12.5 Å². The predicted octanol–water partition coefficient (Wildman–Crippen LogP) is 6.67. The molecule has 186 valence electrons. The van der Waals surface area contributed by atoms with Crippen LogP contribution < -0.4 is 0 Å². The van der Waals surface area contributed by atoms with Crippen LogP contribution in [0, 0.1) is 0 Å². The van der Waals surface area contributed by atoms with Crippen molar-refractivity contribution in [2.24, 2.45) is 7.05 Å². The van der Waals surface area contributed by atoms with E-state index >= 15 is 0 Å². The predicted molar refractivity (Wildman–Crippen MR) is 133 cm³/mol. The summed E-state index contributed by atoms with van der Waals surface area (Å²) in [6.07, 6.45) is -2.20. The lowest BCUT2D eigenvalue weighted by atomic mass is 10.1. The molecule has 0 amide bonds. The van der Waals surface area contributed by atoms with E-state index in [2.05, 4.69) is 9.97 Å². The van der Waals surface area contributed by atoms with Gasteiger partial charge in [0.1, 0.15) is 16.1 Å². The molecule has 0 aliphatic rings. The number of nitrogens with zero attached hydrogens (tertiary/aromatic N) is 4. The quantitative estimate of drug-likeness (QED) is 0.249.